The second-order valence-electron chi connectivity index (χ2n) is 3.60. The zero-order valence-corrected chi connectivity index (χ0v) is 8.96. The maximum Gasteiger partial charge on any atom is 0.100 e. The van der Waals surface area contributed by atoms with Gasteiger partial charge in [0.2, 0.25) is 0 Å². The zero-order valence-electron chi connectivity index (χ0n) is 8.14. The van der Waals surface area contributed by atoms with E-state index in [0.717, 1.165) is 30.0 Å². The first-order valence-corrected chi connectivity index (χ1v) is 5.61. The molecule has 1 saturated heterocycles. The van der Waals surface area contributed by atoms with Gasteiger partial charge in [0.1, 0.15) is 6.10 Å². The second kappa shape index (κ2) is 4.33. The molecule has 1 aromatic heterocycles. The highest BCUT2D eigenvalue weighted by atomic mass is 32.1. The van der Waals surface area contributed by atoms with Crippen LogP contribution in [0.15, 0.2) is 0 Å². The van der Waals surface area contributed by atoms with Crippen molar-refractivity contribution in [3.05, 3.63) is 10.6 Å². The summed E-state index contributed by atoms with van der Waals surface area (Å²) in [5.41, 5.74) is 0.931. The van der Waals surface area contributed by atoms with E-state index in [1.165, 1.54) is 11.5 Å². The van der Waals surface area contributed by atoms with E-state index >= 15 is 0 Å². The molecule has 0 saturated carbocycles. The molecule has 2 unspecified atom stereocenters. The number of aliphatic hydroxyl groups is 1. The highest BCUT2D eigenvalue weighted by Crippen LogP contribution is 2.35. The molecule has 5 heteroatoms. The van der Waals surface area contributed by atoms with E-state index in [0.29, 0.717) is 0 Å². The van der Waals surface area contributed by atoms with Crippen molar-refractivity contribution in [3.8, 4) is 0 Å². The minimum Gasteiger partial charge on any atom is -0.396 e. The predicted octanol–water partition coefficient (Wildman–Crippen LogP) is 1.31. The maximum absolute atomic E-state index is 9.23. The van der Waals surface area contributed by atoms with Crippen LogP contribution < -0.4 is 0 Å². The Bertz CT molecular complexity index is 303. The summed E-state index contributed by atoms with van der Waals surface area (Å²) in [5.74, 6) is 0.213. The van der Waals surface area contributed by atoms with Crippen LogP contribution in [0, 0.1) is 12.8 Å². The summed E-state index contributed by atoms with van der Waals surface area (Å²) in [6.07, 6.45) is 2.07. The molecule has 2 heterocycles. The van der Waals surface area contributed by atoms with Gasteiger partial charge in [-0.2, -0.15) is 0 Å². The Morgan fingerprint density at radius 3 is 3.14 bits per heavy atom. The maximum atomic E-state index is 9.23. The molecule has 14 heavy (non-hydrogen) atoms. The summed E-state index contributed by atoms with van der Waals surface area (Å²) in [7, 11) is 0. The lowest BCUT2D eigenvalue weighted by molar-refractivity contribution is -0.0441. The fraction of sp³-hybridized carbons (Fsp3) is 0.778. The predicted molar refractivity (Wildman–Crippen MR) is 53.1 cm³/mol. The summed E-state index contributed by atoms with van der Waals surface area (Å²) < 4.78 is 9.57. The summed E-state index contributed by atoms with van der Waals surface area (Å²) in [4.78, 5) is 1.07. The van der Waals surface area contributed by atoms with E-state index in [9.17, 15) is 5.11 Å². The Morgan fingerprint density at radius 2 is 2.50 bits per heavy atom. The molecule has 1 aliphatic heterocycles. The van der Waals surface area contributed by atoms with Gasteiger partial charge in [-0.1, -0.05) is 4.49 Å². The first-order chi connectivity index (χ1) is 6.83. The molecule has 0 aromatic carbocycles. The summed E-state index contributed by atoms with van der Waals surface area (Å²) in [6.45, 7) is 2.89. The number of hydrogen-bond donors (Lipinski definition) is 1. The number of aryl methyl sites for hydroxylation is 1. The Labute approximate surface area is 87.1 Å². The van der Waals surface area contributed by atoms with Crippen LogP contribution in [0.5, 0.6) is 0 Å². The highest BCUT2D eigenvalue weighted by molar-refractivity contribution is 7.05. The van der Waals surface area contributed by atoms with Crippen LogP contribution in [-0.4, -0.2) is 27.9 Å². The molecule has 4 nitrogen and oxygen atoms in total. The van der Waals surface area contributed by atoms with E-state index in [-0.39, 0.29) is 18.6 Å². The summed E-state index contributed by atoms with van der Waals surface area (Å²) in [6, 6.07) is 0. The molecule has 0 aliphatic carbocycles. The normalized spacial score (nSPS) is 27.9. The SMILES string of the molecule is Cc1nnsc1C1OCCCC1CO. The Balaban J connectivity index is 2.19. The average molecular weight is 214 g/mol. The van der Waals surface area contributed by atoms with Crippen molar-refractivity contribution < 1.29 is 9.84 Å². The van der Waals surface area contributed by atoms with Gasteiger partial charge in [0.15, 0.2) is 0 Å². The first-order valence-electron chi connectivity index (χ1n) is 4.84. The van der Waals surface area contributed by atoms with Crippen LogP contribution in [-0.2, 0) is 4.74 Å². The fourth-order valence-electron chi connectivity index (χ4n) is 1.82. The quantitative estimate of drug-likeness (QED) is 0.806. The number of aromatic nitrogens is 2. The van der Waals surface area contributed by atoms with Gasteiger partial charge in [-0.05, 0) is 31.3 Å². The topological polar surface area (TPSA) is 55.2 Å². The third kappa shape index (κ3) is 1.80. The number of hydrogen-bond acceptors (Lipinski definition) is 5. The van der Waals surface area contributed by atoms with E-state index in [1.54, 1.807) is 0 Å². The average Bonchev–Trinajstić information content (AvgIpc) is 2.64. The van der Waals surface area contributed by atoms with Crippen LogP contribution in [0.3, 0.4) is 0 Å². The van der Waals surface area contributed by atoms with Gasteiger partial charge in [0.25, 0.3) is 0 Å². The van der Waals surface area contributed by atoms with E-state index < -0.39 is 0 Å². The van der Waals surface area contributed by atoms with Crippen molar-refractivity contribution in [2.45, 2.75) is 25.9 Å². The van der Waals surface area contributed by atoms with E-state index in [1.807, 2.05) is 6.92 Å². The minimum absolute atomic E-state index is 0.00810. The molecule has 0 amide bonds. The lowest BCUT2D eigenvalue weighted by atomic mass is 9.93. The molecule has 0 spiro atoms. The molecular formula is C9H14N2O2S. The molecule has 2 atom stereocenters. The molecular weight excluding hydrogens is 200 g/mol. The molecule has 2 rings (SSSR count). The van der Waals surface area contributed by atoms with Gasteiger partial charge < -0.3 is 9.84 Å². The van der Waals surface area contributed by atoms with Gasteiger partial charge in [-0.15, -0.1) is 5.10 Å². The largest absolute Gasteiger partial charge is 0.396 e. The van der Waals surface area contributed by atoms with Gasteiger partial charge in [0.05, 0.1) is 10.6 Å². The first kappa shape index (κ1) is 10.0. The Kier molecular flexibility index (Phi) is 3.10. The number of aliphatic hydroxyl groups excluding tert-OH is 1. The van der Waals surface area contributed by atoms with Crippen LogP contribution in [0.1, 0.15) is 29.5 Å². The number of ether oxygens (including phenoxy) is 1. The van der Waals surface area contributed by atoms with Gasteiger partial charge >= 0.3 is 0 Å². The standard InChI is InChI=1S/C9H14N2O2S/c1-6-9(14-11-10-6)8-7(5-12)3-2-4-13-8/h7-8,12H,2-5H2,1H3. The van der Waals surface area contributed by atoms with Crippen molar-refractivity contribution in [3.63, 3.8) is 0 Å². The third-order valence-electron chi connectivity index (χ3n) is 2.62. The Morgan fingerprint density at radius 1 is 1.64 bits per heavy atom. The molecule has 1 fully saturated rings. The Hall–Kier alpha value is -0.520. The van der Waals surface area contributed by atoms with E-state index in [2.05, 4.69) is 9.59 Å². The third-order valence-corrected chi connectivity index (χ3v) is 3.51. The monoisotopic (exact) mass is 214 g/mol. The van der Waals surface area contributed by atoms with Gasteiger partial charge in [-0.25, -0.2) is 0 Å². The minimum atomic E-state index is 0.00810. The van der Waals surface area contributed by atoms with Crippen molar-refractivity contribution in [1.82, 2.24) is 9.59 Å². The van der Waals surface area contributed by atoms with Crippen LogP contribution >= 0.6 is 11.5 Å². The molecule has 78 valence electrons. The highest BCUT2D eigenvalue weighted by Gasteiger charge is 2.29. The van der Waals surface area contributed by atoms with E-state index in [4.69, 9.17) is 4.74 Å². The lowest BCUT2D eigenvalue weighted by Crippen LogP contribution is -2.25. The number of nitrogens with zero attached hydrogens (tertiary/aromatic N) is 2. The molecule has 1 aromatic rings. The number of rotatable bonds is 2. The lowest BCUT2D eigenvalue weighted by Gasteiger charge is -2.29. The fourth-order valence-corrected chi connectivity index (χ4v) is 2.61. The van der Waals surface area contributed by atoms with Crippen molar-refractivity contribution >= 4 is 11.5 Å². The van der Waals surface area contributed by atoms with Crippen LogP contribution in [0.4, 0.5) is 0 Å². The smallest absolute Gasteiger partial charge is 0.100 e. The van der Waals surface area contributed by atoms with Crippen LogP contribution in [0.2, 0.25) is 0 Å². The summed E-state index contributed by atoms with van der Waals surface area (Å²) >= 11 is 1.38. The molecule has 1 N–H and O–H groups in total. The van der Waals surface area contributed by atoms with Crippen molar-refractivity contribution in [2.75, 3.05) is 13.2 Å². The summed E-state index contributed by atoms with van der Waals surface area (Å²) in [5, 5.41) is 13.2. The molecule has 0 bridgehead atoms. The van der Waals surface area contributed by atoms with Crippen LogP contribution in [0.25, 0.3) is 0 Å². The molecule has 0 radical (unpaired) electrons. The van der Waals surface area contributed by atoms with Gasteiger partial charge in [0, 0.05) is 19.1 Å². The van der Waals surface area contributed by atoms with Crippen molar-refractivity contribution in [1.29, 1.82) is 0 Å². The zero-order chi connectivity index (χ0) is 9.97. The van der Waals surface area contributed by atoms with Crippen molar-refractivity contribution in [2.24, 2.45) is 5.92 Å². The second-order valence-corrected chi connectivity index (χ2v) is 4.38. The molecule has 1 aliphatic rings. The van der Waals surface area contributed by atoms with Gasteiger partial charge in [-0.3, -0.25) is 0 Å².